The molecule has 0 aliphatic heterocycles. The second-order valence-electron chi connectivity index (χ2n) is 5.09. The predicted molar refractivity (Wildman–Crippen MR) is 84.2 cm³/mol. The summed E-state index contributed by atoms with van der Waals surface area (Å²) < 4.78 is 36.7. The summed E-state index contributed by atoms with van der Waals surface area (Å²) >= 11 is 0. The first kappa shape index (κ1) is 17.5. The lowest BCUT2D eigenvalue weighted by Crippen LogP contribution is -2.47. The Morgan fingerprint density at radius 1 is 0.958 bits per heavy atom. The van der Waals surface area contributed by atoms with E-state index in [4.69, 9.17) is 0 Å². The van der Waals surface area contributed by atoms with Crippen LogP contribution in [0.4, 0.5) is 18.9 Å². The van der Waals surface area contributed by atoms with Crippen molar-refractivity contribution >= 4 is 17.5 Å². The number of anilines is 1. The van der Waals surface area contributed by atoms with E-state index in [0.29, 0.717) is 5.69 Å². The molecule has 4 nitrogen and oxygen atoms in total. The van der Waals surface area contributed by atoms with E-state index < -0.39 is 24.0 Å². The molecule has 126 valence electrons. The number of halogens is 3. The van der Waals surface area contributed by atoms with Crippen LogP contribution >= 0.6 is 0 Å². The van der Waals surface area contributed by atoms with Crippen LogP contribution in [0.3, 0.4) is 0 Å². The van der Waals surface area contributed by atoms with Crippen molar-refractivity contribution in [2.45, 2.75) is 19.1 Å². The summed E-state index contributed by atoms with van der Waals surface area (Å²) in [6, 6.07) is 14.8. The van der Waals surface area contributed by atoms with Crippen molar-refractivity contribution in [3.05, 3.63) is 54.6 Å². The van der Waals surface area contributed by atoms with Crippen molar-refractivity contribution in [3.63, 3.8) is 0 Å². The van der Waals surface area contributed by atoms with Gasteiger partial charge in [0.15, 0.2) is 0 Å². The lowest BCUT2D eigenvalue weighted by atomic mass is 10.0. The van der Waals surface area contributed by atoms with E-state index in [0.717, 1.165) is 11.1 Å². The van der Waals surface area contributed by atoms with Crippen LogP contribution in [0.1, 0.15) is 6.92 Å². The van der Waals surface area contributed by atoms with Gasteiger partial charge in [-0.05, 0) is 18.6 Å². The Labute approximate surface area is 136 Å². The summed E-state index contributed by atoms with van der Waals surface area (Å²) in [5.74, 6) is -2.89. The molecule has 0 aliphatic carbocycles. The molecular formula is C17H15F3N2O2. The topological polar surface area (TPSA) is 58.2 Å². The van der Waals surface area contributed by atoms with Crippen molar-refractivity contribution < 1.29 is 22.8 Å². The quantitative estimate of drug-likeness (QED) is 0.899. The highest BCUT2D eigenvalue weighted by molar-refractivity contribution is 6.00. The monoisotopic (exact) mass is 336 g/mol. The Hall–Kier alpha value is -2.83. The van der Waals surface area contributed by atoms with Gasteiger partial charge in [0.1, 0.15) is 6.04 Å². The largest absolute Gasteiger partial charge is 0.471 e. The highest BCUT2D eigenvalue weighted by atomic mass is 19.4. The molecule has 7 heteroatoms. The summed E-state index contributed by atoms with van der Waals surface area (Å²) in [5, 5.41) is 4.17. The predicted octanol–water partition coefficient (Wildman–Crippen LogP) is 3.36. The van der Waals surface area contributed by atoms with Crippen molar-refractivity contribution in [1.29, 1.82) is 0 Å². The third-order valence-corrected chi connectivity index (χ3v) is 3.27. The van der Waals surface area contributed by atoms with Gasteiger partial charge in [-0.25, -0.2) is 0 Å². The Morgan fingerprint density at radius 2 is 1.54 bits per heavy atom. The zero-order valence-electron chi connectivity index (χ0n) is 12.7. The number of amides is 2. The maximum atomic E-state index is 12.2. The molecule has 2 N–H and O–H groups in total. The van der Waals surface area contributed by atoms with Crippen molar-refractivity contribution in [1.82, 2.24) is 5.32 Å². The van der Waals surface area contributed by atoms with Gasteiger partial charge in [-0.3, -0.25) is 9.59 Å². The average molecular weight is 336 g/mol. The van der Waals surface area contributed by atoms with Crippen molar-refractivity contribution in [2.75, 3.05) is 5.32 Å². The zero-order chi connectivity index (χ0) is 17.7. The SMILES string of the molecule is C[C@H](NC(=O)C(F)(F)F)C(=O)Nc1ccccc1-c1ccccc1. The van der Waals surface area contributed by atoms with Crippen molar-refractivity contribution in [2.24, 2.45) is 0 Å². The fraction of sp³-hybridized carbons (Fsp3) is 0.176. The molecule has 2 aromatic rings. The second-order valence-corrected chi connectivity index (χ2v) is 5.09. The standard InChI is InChI=1S/C17H15F3N2O2/c1-11(21-16(24)17(18,19)20)15(23)22-14-10-6-5-9-13(14)12-7-3-2-4-8-12/h2-11H,1H3,(H,21,24)(H,22,23)/t11-/m0/s1. The molecule has 2 amide bonds. The van der Waals surface area contributed by atoms with E-state index >= 15 is 0 Å². The number of carbonyl (C=O) groups is 2. The highest BCUT2D eigenvalue weighted by Gasteiger charge is 2.40. The lowest BCUT2D eigenvalue weighted by molar-refractivity contribution is -0.174. The molecule has 0 heterocycles. The maximum absolute atomic E-state index is 12.2. The molecule has 24 heavy (non-hydrogen) atoms. The Bertz CT molecular complexity index is 730. The third kappa shape index (κ3) is 4.34. The Morgan fingerprint density at radius 3 is 2.17 bits per heavy atom. The first-order valence-electron chi connectivity index (χ1n) is 7.12. The highest BCUT2D eigenvalue weighted by Crippen LogP contribution is 2.27. The molecule has 0 saturated heterocycles. The lowest BCUT2D eigenvalue weighted by Gasteiger charge is -2.17. The van der Waals surface area contributed by atoms with E-state index in [1.165, 1.54) is 6.92 Å². The fourth-order valence-electron chi connectivity index (χ4n) is 2.05. The van der Waals surface area contributed by atoms with E-state index in [2.05, 4.69) is 5.32 Å². The van der Waals surface area contributed by atoms with Gasteiger partial charge in [0.2, 0.25) is 5.91 Å². The average Bonchev–Trinajstić information content (AvgIpc) is 2.55. The molecule has 0 spiro atoms. The molecule has 2 rings (SSSR count). The van der Waals surface area contributed by atoms with Crippen LogP contribution in [0.25, 0.3) is 11.1 Å². The van der Waals surface area contributed by atoms with Crippen molar-refractivity contribution in [3.8, 4) is 11.1 Å². The maximum Gasteiger partial charge on any atom is 0.471 e. The van der Waals surface area contributed by atoms with Crippen LogP contribution < -0.4 is 10.6 Å². The number of nitrogens with one attached hydrogen (secondary N) is 2. The van der Waals surface area contributed by atoms with Gasteiger partial charge in [0.05, 0.1) is 0 Å². The molecule has 0 fully saturated rings. The van der Waals surface area contributed by atoms with E-state index in [-0.39, 0.29) is 0 Å². The molecule has 1 atom stereocenters. The van der Waals surface area contributed by atoms with Crippen LogP contribution in [0, 0.1) is 0 Å². The fourth-order valence-corrected chi connectivity index (χ4v) is 2.05. The van der Waals surface area contributed by atoms with Gasteiger partial charge >= 0.3 is 12.1 Å². The molecule has 0 aliphatic rings. The number of hydrogen-bond donors (Lipinski definition) is 2. The van der Waals surface area contributed by atoms with E-state index in [9.17, 15) is 22.8 Å². The number of para-hydroxylation sites is 1. The minimum absolute atomic E-state index is 0.446. The minimum atomic E-state index is -5.03. The summed E-state index contributed by atoms with van der Waals surface area (Å²) in [7, 11) is 0. The number of benzene rings is 2. The summed E-state index contributed by atoms with van der Waals surface area (Å²) in [6.07, 6.45) is -5.03. The molecule has 0 bridgehead atoms. The van der Waals surface area contributed by atoms with Gasteiger partial charge < -0.3 is 10.6 Å². The number of alkyl halides is 3. The normalized spacial score (nSPS) is 12.3. The smallest absolute Gasteiger partial charge is 0.337 e. The summed E-state index contributed by atoms with van der Waals surface area (Å²) in [4.78, 5) is 23.0. The number of rotatable bonds is 4. The van der Waals surface area contributed by atoms with Gasteiger partial charge in [-0.2, -0.15) is 13.2 Å². The minimum Gasteiger partial charge on any atom is -0.337 e. The first-order valence-corrected chi connectivity index (χ1v) is 7.12. The van der Waals surface area contributed by atoms with Gasteiger partial charge in [0, 0.05) is 11.3 Å². The van der Waals surface area contributed by atoms with Gasteiger partial charge in [-0.1, -0.05) is 48.5 Å². The third-order valence-electron chi connectivity index (χ3n) is 3.27. The second kappa shape index (κ2) is 7.16. The molecular weight excluding hydrogens is 321 g/mol. The van der Waals surface area contributed by atoms with Gasteiger partial charge in [-0.15, -0.1) is 0 Å². The first-order chi connectivity index (χ1) is 11.3. The number of hydrogen-bond acceptors (Lipinski definition) is 2. The Kier molecular flexibility index (Phi) is 5.23. The van der Waals surface area contributed by atoms with Crippen LogP contribution in [-0.2, 0) is 9.59 Å². The van der Waals surface area contributed by atoms with Crippen LogP contribution in [0.15, 0.2) is 54.6 Å². The zero-order valence-corrected chi connectivity index (χ0v) is 12.7. The molecule has 0 unspecified atom stereocenters. The molecule has 0 aromatic heterocycles. The molecule has 2 aromatic carbocycles. The van der Waals surface area contributed by atoms with E-state index in [1.807, 2.05) is 30.3 Å². The molecule has 0 saturated carbocycles. The Balaban J connectivity index is 2.14. The van der Waals surface area contributed by atoms with E-state index in [1.54, 1.807) is 29.6 Å². The van der Waals surface area contributed by atoms with Crippen LogP contribution in [-0.4, -0.2) is 24.0 Å². The van der Waals surface area contributed by atoms with Crippen LogP contribution in [0.2, 0.25) is 0 Å². The summed E-state index contributed by atoms with van der Waals surface area (Å²) in [5.41, 5.74) is 2.02. The van der Waals surface area contributed by atoms with Crippen LogP contribution in [0.5, 0.6) is 0 Å². The van der Waals surface area contributed by atoms with Gasteiger partial charge in [0.25, 0.3) is 0 Å². The molecule has 0 radical (unpaired) electrons. The summed E-state index contributed by atoms with van der Waals surface area (Å²) in [6.45, 7) is 1.18. The number of carbonyl (C=O) groups excluding carboxylic acids is 2.